The van der Waals surface area contributed by atoms with Gasteiger partial charge in [0.2, 0.25) is 5.43 Å². The van der Waals surface area contributed by atoms with Crippen LogP contribution in [-0.4, -0.2) is 19.0 Å². The topological polar surface area (TPSA) is 93.8 Å². The average molecular weight is 465 g/mol. The molecule has 0 spiro atoms. The van der Waals surface area contributed by atoms with E-state index in [2.05, 4.69) is 20.1 Å². The predicted molar refractivity (Wildman–Crippen MR) is 92.9 cm³/mol. The Bertz CT molecular complexity index is 1180. The summed E-state index contributed by atoms with van der Waals surface area (Å²) < 4.78 is 69.3. The van der Waals surface area contributed by atoms with E-state index in [1.165, 1.54) is 0 Å². The fourth-order valence-electron chi connectivity index (χ4n) is 2.26. The largest absolute Gasteiger partial charge is 0.534 e. The van der Waals surface area contributed by atoms with Crippen LogP contribution in [0.3, 0.4) is 0 Å². The predicted octanol–water partition coefficient (Wildman–Crippen LogP) is 4.16. The number of phenols is 1. The van der Waals surface area contributed by atoms with Crippen molar-refractivity contribution >= 4 is 37.0 Å². The van der Waals surface area contributed by atoms with Gasteiger partial charge in [0.25, 0.3) is 0 Å². The zero-order valence-corrected chi connectivity index (χ0v) is 15.4. The first-order valence-electron chi connectivity index (χ1n) is 7.05. The van der Waals surface area contributed by atoms with Crippen molar-refractivity contribution in [1.82, 2.24) is 0 Å². The third-order valence-electron chi connectivity index (χ3n) is 3.47. The molecule has 0 aliphatic rings. The van der Waals surface area contributed by atoms with Gasteiger partial charge in [-0.3, -0.25) is 4.79 Å². The van der Waals surface area contributed by atoms with Crippen molar-refractivity contribution in [3.05, 3.63) is 57.4 Å². The maximum atomic E-state index is 12.6. The van der Waals surface area contributed by atoms with Crippen molar-refractivity contribution in [3.63, 3.8) is 0 Å². The second-order valence-electron chi connectivity index (χ2n) is 5.28. The van der Waals surface area contributed by atoms with Crippen molar-refractivity contribution in [2.75, 3.05) is 0 Å². The zero-order valence-electron chi connectivity index (χ0n) is 13.0. The third kappa shape index (κ3) is 3.65. The summed E-state index contributed by atoms with van der Waals surface area (Å²) in [4.78, 5) is 12.6. The van der Waals surface area contributed by atoms with Crippen molar-refractivity contribution in [1.29, 1.82) is 0 Å². The first-order chi connectivity index (χ1) is 12.5. The third-order valence-corrected chi connectivity index (χ3v) is 4.98. The van der Waals surface area contributed by atoms with Crippen LogP contribution in [-0.2, 0) is 10.1 Å². The molecule has 0 aliphatic carbocycles. The molecular weight excluding hydrogens is 457 g/mol. The van der Waals surface area contributed by atoms with Crippen LogP contribution in [0, 0.1) is 0 Å². The Hall–Kier alpha value is -2.53. The summed E-state index contributed by atoms with van der Waals surface area (Å²) in [5.74, 6) is -1.63. The SMILES string of the molecule is O=c1c(-c2ccc(Br)cc2)coc2cc(OS(=O)(=O)C(F)(F)F)cc(O)c12. The average Bonchev–Trinajstić information content (AvgIpc) is 2.54. The van der Waals surface area contributed by atoms with Gasteiger partial charge in [-0.25, -0.2) is 0 Å². The molecule has 0 atom stereocenters. The van der Waals surface area contributed by atoms with Gasteiger partial charge in [-0.2, -0.15) is 21.6 Å². The Morgan fingerprint density at radius 1 is 1.11 bits per heavy atom. The number of fused-ring (bicyclic) bond motifs is 1. The van der Waals surface area contributed by atoms with E-state index >= 15 is 0 Å². The molecule has 0 bridgehead atoms. The second kappa shape index (κ2) is 6.57. The summed E-state index contributed by atoms with van der Waals surface area (Å²) in [6.07, 6.45) is 1.05. The van der Waals surface area contributed by atoms with Gasteiger partial charge in [-0.05, 0) is 17.7 Å². The van der Waals surface area contributed by atoms with Gasteiger partial charge in [0.1, 0.15) is 28.7 Å². The Labute approximate surface area is 158 Å². The molecule has 3 aromatic rings. The quantitative estimate of drug-likeness (QED) is 0.462. The van der Waals surface area contributed by atoms with Crippen molar-refractivity contribution in [3.8, 4) is 22.6 Å². The Balaban J connectivity index is 2.12. The molecule has 6 nitrogen and oxygen atoms in total. The molecule has 0 radical (unpaired) electrons. The number of hydrogen-bond acceptors (Lipinski definition) is 6. The fraction of sp³-hybridized carbons (Fsp3) is 0.0625. The first-order valence-corrected chi connectivity index (χ1v) is 9.25. The van der Waals surface area contributed by atoms with Crippen molar-refractivity contribution < 1.29 is 35.3 Å². The van der Waals surface area contributed by atoms with Crippen molar-refractivity contribution in [2.24, 2.45) is 0 Å². The van der Waals surface area contributed by atoms with Gasteiger partial charge in [0.15, 0.2) is 0 Å². The number of benzene rings is 2. The number of aromatic hydroxyl groups is 1. The lowest BCUT2D eigenvalue weighted by Crippen LogP contribution is -2.28. The zero-order chi connectivity index (χ0) is 20.0. The van der Waals surface area contributed by atoms with Gasteiger partial charge in [0, 0.05) is 16.6 Å². The molecule has 142 valence electrons. The van der Waals surface area contributed by atoms with Crippen LogP contribution in [0.1, 0.15) is 0 Å². The summed E-state index contributed by atoms with van der Waals surface area (Å²) in [5.41, 5.74) is -6.06. The Kier molecular flexibility index (Phi) is 4.68. The lowest BCUT2D eigenvalue weighted by molar-refractivity contribution is -0.0500. The van der Waals surface area contributed by atoms with Crippen LogP contribution in [0.4, 0.5) is 13.2 Å². The molecule has 0 amide bonds. The highest BCUT2D eigenvalue weighted by molar-refractivity contribution is 9.10. The summed E-state index contributed by atoms with van der Waals surface area (Å²) in [6.45, 7) is 0. The Morgan fingerprint density at radius 2 is 1.74 bits per heavy atom. The molecule has 1 aromatic heterocycles. The Morgan fingerprint density at radius 3 is 2.33 bits per heavy atom. The summed E-state index contributed by atoms with van der Waals surface area (Å²) in [6, 6.07) is 7.95. The van der Waals surface area contributed by atoms with Crippen LogP contribution in [0.5, 0.6) is 11.5 Å². The van der Waals surface area contributed by atoms with Gasteiger partial charge in [-0.15, -0.1) is 0 Å². The van der Waals surface area contributed by atoms with Gasteiger partial charge in [-0.1, -0.05) is 28.1 Å². The highest BCUT2D eigenvalue weighted by Crippen LogP contribution is 2.33. The van der Waals surface area contributed by atoms with Crippen LogP contribution >= 0.6 is 15.9 Å². The summed E-state index contributed by atoms with van der Waals surface area (Å²) in [5, 5.41) is 9.70. The molecule has 0 saturated heterocycles. The maximum Gasteiger partial charge on any atom is 0.534 e. The van der Waals surface area contributed by atoms with E-state index in [4.69, 9.17) is 4.42 Å². The van der Waals surface area contributed by atoms with Gasteiger partial charge < -0.3 is 13.7 Å². The molecule has 0 aliphatic heterocycles. The van der Waals surface area contributed by atoms with E-state index in [1.54, 1.807) is 24.3 Å². The molecule has 0 fully saturated rings. The number of alkyl halides is 3. The normalized spacial score (nSPS) is 12.3. The van der Waals surface area contributed by atoms with E-state index in [0.717, 1.165) is 16.8 Å². The monoisotopic (exact) mass is 464 g/mol. The molecule has 0 saturated carbocycles. The minimum Gasteiger partial charge on any atom is -0.507 e. The fourth-order valence-corrected chi connectivity index (χ4v) is 2.97. The number of rotatable bonds is 3. The van der Waals surface area contributed by atoms with Crippen LogP contribution in [0.25, 0.3) is 22.1 Å². The number of hydrogen-bond donors (Lipinski definition) is 1. The summed E-state index contributed by atoms with van der Waals surface area (Å²) in [7, 11) is -5.94. The lowest BCUT2D eigenvalue weighted by Gasteiger charge is -2.11. The molecule has 1 heterocycles. The van der Waals surface area contributed by atoms with Gasteiger partial charge >= 0.3 is 15.6 Å². The molecule has 3 rings (SSSR count). The summed E-state index contributed by atoms with van der Waals surface area (Å²) >= 11 is 3.25. The van der Waals surface area contributed by atoms with E-state index in [0.29, 0.717) is 11.6 Å². The molecule has 27 heavy (non-hydrogen) atoms. The van der Waals surface area contributed by atoms with E-state index < -0.39 is 32.6 Å². The minimum absolute atomic E-state index is 0.0990. The minimum atomic E-state index is -5.94. The molecule has 2 aromatic carbocycles. The van der Waals surface area contributed by atoms with Crippen LogP contribution < -0.4 is 9.61 Å². The molecular formula is C16H8BrF3O6S. The standard InChI is InChI=1S/C16H8BrF3O6S/c17-9-3-1-8(2-4-9)11-7-25-13-6-10(5-12(21)14(13)15(11)22)26-27(23,24)16(18,19)20/h1-7,21H. The van der Waals surface area contributed by atoms with Crippen LogP contribution in [0.15, 0.2) is 56.3 Å². The highest BCUT2D eigenvalue weighted by Gasteiger charge is 2.48. The van der Waals surface area contributed by atoms with E-state index in [9.17, 15) is 31.5 Å². The first kappa shape index (κ1) is 19.2. The molecule has 11 heteroatoms. The molecule has 0 unspecified atom stereocenters. The smallest absolute Gasteiger partial charge is 0.507 e. The van der Waals surface area contributed by atoms with Crippen LogP contribution in [0.2, 0.25) is 0 Å². The van der Waals surface area contributed by atoms with E-state index in [-0.39, 0.29) is 16.5 Å². The number of phenolic OH excluding ortho intramolecular Hbond substituents is 1. The van der Waals surface area contributed by atoms with Gasteiger partial charge in [0.05, 0.1) is 5.56 Å². The van der Waals surface area contributed by atoms with Crippen molar-refractivity contribution in [2.45, 2.75) is 5.51 Å². The maximum absolute atomic E-state index is 12.6. The number of halogens is 4. The second-order valence-corrected chi connectivity index (χ2v) is 7.74. The highest BCUT2D eigenvalue weighted by atomic mass is 79.9. The van der Waals surface area contributed by atoms with E-state index in [1.807, 2.05) is 0 Å². The lowest BCUT2D eigenvalue weighted by atomic mass is 10.1. The molecule has 1 N–H and O–H groups in total.